The van der Waals surface area contributed by atoms with Crippen LogP contribution >= 0.6 is 11.3 Å². The number of anilines is 2. The summed E-state index contributed by atoms with van der Waals surface area (Å²) in [5.41, 5.74) is 6.29. The number of Topliss-reactive ketones (excluding diaryl/α,β-unsaturated/α-hetero) is 1. The molecule has 0 saturated carbocycles. The average Bonchev–Trinajstić information content (AvgIpc) is 2.69. The SMILES string of the molecule is COCCOCCCNc1cc(N)c(C(C)=O)s1. The molecule has 0 aliphatic carbocycles. The van der Waals surface area contributed by atoms with Gasteiger partial charge in [0.05, 0.1) is 28.8 Å². The molecule has 0 unspecified atom stereocenters. The predicted octanol–water partition coefficient (Wildman–Crippen LogP) is 2.00. The van der Waals surface area contributed by atoms with Crippen LogP contribution in [0.2, 0.25) is 0 Å². The first-order chi connectivity index (χ1) is 8.65. The second-order valence-electron chi connectivity index (χ2n) is 3.84. The maximum absolute atomic E-state index is 11.2. The lowest BCUT2D eigenvalue weighted by Crippen LogP contribution is -2.07. The van der Waals surface area contributed by atoms with E-state index in [4.69, 9.17) is 15.2 Å². The van der Waals surface area contributed by atoms with Crippen molar-refractivity contribution in [2.75, 3.05) is 44.5 Å². The van der Waals surface area contributed by atoms with E-state index in [1.807, 2.05) is 0 Å². The Kier molecular flexibility index (Phi) is 6.70. The Hall–Kier alpha value is -1.11. The first-order valence-electron chi connectivity index (χ1n) is 5.86. The van der Waals surface area contributed by atoms with Crippen LogP contribution in [0.1, 0.15) is 23.0 Å². The highest BCUT2D eigenvalue weighted by Gasteiger charge is 2.09. The number of methoxy groups -OCH3 is 1. The Bertz CT molecular complexity index is 379. The minimum absolute atomic E-state index is 0.00782. The molecular formula is C12H20N2O3S. The fourth-order valence-electron chi connectivity index (χ4n) is 1.40. The average molecular weight is 272 g/mol. The third-order valence-electron chi connectivity index (χ3n) is 2.28. The molecule has 0 radical (unpaired) electrons. The van der Waals surface area contributed by atoms with Crippen LogP contribution in [0.4, 0.5) is 10.7 Å². The van der Waals surface area contributed by atoms with Gasteiger partial charge in [0.1, 0.15) is 0 Å². The second-order valence-corrected chi connectivity index (χ2v) is 4.89. The topological polar surface area (TPSA) is 73.6 Å². The highest BCUT2D eigenvalue weighted by atomic mass is 32.1. The maximum atomic E-state index is 11.2. The van der Waals surface area contributed by atoms with Gasteiger partial charge in [0.25, 0.3) is 0 Å². The molecule has 1 aromatic rings. The van der Waals surface area contributed by atoms with Gasteiger partial charge in [-0.1, -0.05) is 0 Å². The van der Waals surface area contributed by atoms with Crippen molar-refractivity contribution < 1.29 is 14.3 Å². The van der Waals surface area contributed by atoms with E-state index in [0.29, 0.717) is 30.4 Å². The molecule has 5 nitrogen and oxygen atoms in total. The van der Waals surface area contributed by atoms with E-state index in [0.717, 1.165) is 18.0 Å². The fourth-order valence-corrected chi connectivity index (χ4v) is 2.30. The number of thiophene rings is 1. The minimum atomic E-state index is 0.00782. The molecule has 1 heterocycles. The van der Waals surface area contributed by atoms with Crippen molar-refractivity contribution in [1.82, 2.24) is 0 Å². The summed E-state index contributed by atoms with van der Waals surface area (Å²) in [6.07, 6.45) is 0.900. The van der Waals surface area contributed by atoms with E-state index in [9.17, 15) is 4.79 Å². The Morgan fingerprint density at radius 1 is 1.44 bits per heavy atom. The van der Waals surface area contributed by atoms with E-state index >= 15 is 0 Å². The van der Waals surface area contributed by atoms with Crippen molar-refractivity contribution in [2.24, 2.45) is 0 Å². The summed E-state index contributed by atoms with van der Waals surface area (Å²) in [4.78, 5) is 11.8. The first-order valence-corrected chi connectivity index (χ1v) is 6.67. The van der Waals surface area contributed by atoms with Gasteiger partial charge in [0.2, 0.25) is 0 Å². The van der Waals surface area contributed by atoms with Gasteiger partial charge in [-0.05, 0) is 12.5 Å². The van der Waals surface area contributed by atoms with E-state index < -0.39 is 0 Å². The number of carbonyl (C=O) groups is 1. The monoisotopic (exact) mass is 272 g/mol. The Morgan fingerprint density at radius 2 is 2.22 bits per heavy atom. The van der Waals surface area contributed by atoms with Gasteiger partial charge < -0.3 is 20.5 Å². The molecule has 0 spiro atoms. The molecule has 0 fully saturated rings. The number of carbonyl (C=O) groups excluding carboxylic acids is 1. The summed E-state index contributed by atoms with van der Waals surface area (Å²) in [5.74, 6) is 0.00782. The lowest BCUT2D eigenvalue weighted by atomic mass is 10.3. The lowest BCUT2D eigenvalue weighted by Gasteiger charge is -2.04. The fraction of sp³-hybridized carbons (Fsp3) is 0.583. The van der Waals surface area contributed by atoms with Crippen LogP contribution in [-0.2, 0) is 9.47 Å². The molecule has 0 aliphatic heterocycles. The maximum Gasteiger partial charge on any atom is 0.171 e. The zero-order chi connectivity index (χ0) is 13.4. The van der Waals surface area contributed by atoms with Gasteiger partial charge in [0.15, 0.2) is 5.78 Å². The lowest BCUT2D eigenvalue weighted by molar-refractivity contribution is 0.0705. The van der Waals surface area contributed by atoms with Gasteiger partial charge in [0, 0.05) is 27.2 Å². The summed E-state index contributed by atoms with van der Waals surface area (Å²) >= 11 is 1.39. The zero-order valence-electron chi connectivity index (χ0n) is 10.8. The molecule has 0 aromatic carbocycles. The Morgan fingerprint density at radius 3 is 2.83 bits per heavy atom. The summed E-state index contributed by atoms with van der Waals surface area (Å²) in [5, 5.41) is 4.15. The molecule has 1 rings (SSSR count). The molecule has 0 aliphatic rings. The normalized spacial score (nSPS) is 10.6. The minimum Gasteiger partial charge on any atom is -0.397 e. The van der Waals surface area contributed by atoms with Crippen LogP contribution in [-0.4, -0.2) is 39.3 Å². The van der Waals surface area contributed by atoms with Crippen LogP contribution in [0.15, 0.2) is 6.07 Å². The third kappa shape index (κ3) is 5.03. The zero-order valence-corrected chi connectivity index (χ0v) is 11.6. The van der Waals surface area contributed by atoms with Gasteiger partial charge >= 0.3 is 0 Å². The van der Waals surface area contributed by atoms with Gasteiger partial charge in [-0.3, -0.25) is 4.79 Å². The number of nitrogens with two attached hydrogens (primary N) is 1. The molecule has 1 aromatic heterocycles. The highest BCUT2D eigenvalue weighted by Crippen LogP contribution is 2.29. The quantitative estimate of drug-likeness (QED) is 0.531. The van der Waals surface area contributed by atoms with Crippen LogP contribution in [0, 0.1) is 0 Å². The van der Waals surface area contributed by atoms with E-state index in [-0.39, 0.29) is 5.78 Å². The Balaban J connectivity index is 2.19. The molecule has 102 valence electrons. The largest absolute Gasteiger partial charge is 0.397 e. The molecule has 6 heteroatoms. The molecular weight excluding hydrogens is 252 g/mol. The van der Waals surface area contributed by atoms with Crippen LogP contribution < -0.4 is 11.1 Å². The van der Waals surface area contributed by atoms with Crippen molar-refractivity contribution in [2.45, 2.75) is 13.3 Å². The summed E-state index contributed by atoms with van der Waals surface area (Å²) in [6.45, 7) is 4.25. The van der Waals surface area contributed by atoms with Crippen molar-refractivity contribution >= 4 is 27.8 Å². The predicted molar refractivity (Wildman–Crippen MR) is 74.5 cm³/mol. The molecule has 0 amide bonds. The number of hydrogen-bond donors (Lipinski definition) is 2. The highest BCUT2D eigenvalue weighted by molar-refractivity contribution is 7.18. The number of ether oxygens (including phenoxy) is 2. The van der Waals surface area contributed by atoms with Gasteiger partial charge in [-0.15, -0.1) is 11.3 Å². The number of rotatable bonds is 9. The number of ketones is 1. The van der Waals surface area contributed by atoms with Crippen LogP contribution in [0.25, 0.3) is 0 Å². The third-order valence-corrected chi connectivity index (χ3v) is 3.49. The van der Waals surface area contributed by atoms with Gasteiger partial charge in [-0.2, -0.15) is 0 Å². The number of nitrogen functional groups attached to an aromatic ring is 1. The summed E-state index contributed by atoms with van der Waals surface area (Å²) < 4.78 is 10.2. The van der Waals surface area contributed by atoms with E-state index in [1.54, 1.807) is 13.2 Å². The van der Waals surface area contributed by atoms with E-state index in [1.165, 1.54) is 18.3 Å². The van der Waals surface area contributed by atoms with Gasteiger partial charge in [-0.25, -0.2) is 0 Å². The summed E-state index contributed by atoms with van der Waals surface area (Å²) in [6, 6.07) is 1.80. The van der Waals surface area contributed by atoms with Crippen LogP contribution in [0.5, 0.6) is 0 Å². The Labute approximate surface area is 111 Å². The van der Waals surface area contributed by atoms with Crippen molar-refractivity contribution in [3.05, 3.63) is 10.9 Å². The number of hydrogen-bond acceptors (Lipinski definition) is 6. The van der Waals surface area contributed by atoms with Crippen molar-refractivity contribution in [3.63, 3.8) is 0 Å². The summed E-state index contributed by atoms with van der Waals surface area (Å²) in [7, 11) is 1.65. The molecule has 3 N–H and O–H groups in total. The second kappa shape index (κ2) is 8.07. The first kappa shape index (κ1) is 14.9. The molecule has 0 saturated heterocycles. The molecule has 0 bridgehead atoms. The van der Waals surface area contributed by atoms with Crippen molar-refractivity contribution in [3.8, 4) is 0 Å². The molecule has 0 atom stereocenters. The van der Waals surface area contributed by atoms with Crippen LogP contribution in [0.3, 0.4) is 0 Å². The standard InChI is InChI=1S/C12H20N2O3S/c1-9(15)12-10(13)8-11(18-12)14-4-3-5-17-7-6-16-2/h8,14H,3-7,13H2,1-2H3. The smallest absolute Gasteiger partial charge is 0.171 e. The molecule has 18 heavy (non-hydrogen) atoms. The number of nitrogens with one attached hydrogen (secondary N) is 1. The van der Waals surface area contributed by atoms with Crippen molar-refractivity contribution in [1.29, 1.82) is 0 Å². The van der Waals surface area contributed by atoms with E-state index in [2.05, 4.69) is 5.32 Å².